The zero-order chi connectivity index (χ0) is 24.4. The second kappa shape index (κ2) is 10.8. The summed E-state index contributed by atoms with van der Waals surface area (Å²) >= 11 is 0. The molecule has 1 saturated heterocycles. The standard InChI is InChI=1S/C25H42O8/c1-15(7-10-26)5-6-17-16(12-27)11-18(28)22-24(2,8-4-9-25(17,22)3)14-33-23-21(31)20(30)19(29)13-32-23/h7,18-23,26-31H,4-6,8-14H2,1-3H3/b15-7-/t18?,19-,20-,21+,22?,23-,24?,25?/m0/s1. The van der Waals surface area contributed by atoms with E-state index in [1.165, 1.54) is 5.57 Å². The molecule has 1 saturated carbocycles. The summed E-state index contributed by atoms with van der Waals surface area (Å²) in [6, 6.07) is 0. The maximum Gasteiger partial charge on any atom is 0.186 e. The number of hydrogen-bond acceptors (Lipinski definition) is 8. The summed E-state index contributed by atoms with van der Waals surface area (Å²) in [5.74, 6) is -0.109. The van der Waals surface area contributed by atoms with Gasteiger partial charge in [-0.1, -0.05) is 37.5 Å². The quantitative estimate of drug-likeness (QED) is 0.289. The molecular formula is C25H42O8. The molecule has 2 fully saturated rings. The third-order valence-corrected chi connectivity index (χ3v) is 8.27. The average Bonchev–Trinajstić information content (AvgIpc) is 2.76. The number of fused-ring (bicyclic) bond motifs is 1. The van der Waals surface area contributed by atoms with E-state index in [9.17, 15) is 30.6 Å². The molecule has 4 unspecified atom stereocenters. The summed E-state index contributed by atoms with van der Waals surface area (Å²) in [5.41, 5.74) is 2.49. The smallest absolute Gasteiger partial charge is 0.186 e. The minimum atomic E-state index is -1.35. The highest BCUT2D eigenvalue weighted by Gasteiger charge is 2.56. The first-order chi connectivity index (χ1) is 15.6. The number of hydrogen-bond donors (Lipinski definition) is 6. The Hall–Kier alpha value is -0.840. The van der Waals surface area contributed by atoms with Crippen LogP contribution in [0.3, 0.4) is 0 Å². The van der Waals surface area contributed by atoms with Crippen LogP contribution in [0.25, 0.3) is 0 Å². The molecule has 6 N–H and O–H groups in total. The first-order valence-corrected chi connectivity index (χ1v) is 12.1. The van der Waals surface area contributed by atoms with Crippen LogP contribution >= 0.6 is 0 Å². The van der Waals surface area contributed by atoms with E-state index in [0.717, 1.165) is 43.3 Å². The number of aliphatic hydroxyl groups is 6. The highest BCUT2D eigenvalue weighted by Crippen LogP contribution is 2.60. The fourth-order valence-corrected chi connectivity index (χ4v) is 6.63. The Bertz CT molecular complexity index is 736. The van der Waals surface area contributed by atoms with Gasteiger partial charge in [-0.05, 0) is 55.4 Å². The third-order valence-electron chi connectivity index (χ3n) is 8.27. The van der Waals surface area contributed by atoms with E-state index >= 15 is 0 Å². The van der Waals surface area contributed by atoms with Crippen molar-refractivity contribution >= 4 is 0 Å². The SMILES string of the molecule is C/C(=C/CO)CCC1=C(CO)CC(O)C2C(C)(CO[C@@H]3OC[C@H](O)[C@H](O)[C@H]3O)CCCC12C. The fraction of sp³-hybridized carbons (Fsp3) is 0.840. The number of rotatable bonds is 8. The van der Waals surface area contributed by atoms with Crippen molar-refractivity contribution in [3.63, 3.8) is 0 Å². The lowest BCUT2D eigenvalue weighted by atomic mass is 9.48. The summed E-state index contributed by atoms with van der Waals surface area (Å²) in [7, 11) is 0. The molecule has 0 aromatic carbocycles. The lowest BCUT2D eigenvalue weighted by Gasteiger charge is -2.58. The Kier molecular flexibility index (Phi) is 8.78. The van der Waals surface area contributed by atoms with E-state index in [4.69, 9.17) is 9.47 Å². The molecule has 8 nitrogen and oxygen atoms in total. The van der Waals surface area contributed by atoms with Gasteiger partial charge in [0.15, 0.2) is 6.29 Å². The lowest BCUT2D eigenvalue weighted by molar-refractivity contribution is -0.282. The summed E-state index contributed by atoms with van der Waals surface area (Å²) in [4.78, 5) is 0. The molecule has 190 valence electrons. The van der Waals surface area contributed by atoms with Gasteiger partial charge in [0.25, 0.3) is 0 Å². The molecule has 2 aliphatic carbocycles. The highest BCUT2D eigenvalue weighted by atomic mass is 16.7. The molecule has 3 rings (SSSR count). The van der Waals surface area contributed by atoms with Crippen molar-refractivity contribution in [3.8, 4) is 0 Å². The fourth-order valence-electron chi connectivity index (χ4n) is 6.63. The molecule has 0 bridgehead atoms. The predicted octanol–water partition coefficient (Wildman–Crippen LogP) is 1.03. The van der Waals surface area contributed by atoms with Crippen LogP contribution in [0, 0.1) is 16.7 Å². The minimum Gasteiger partial charge on any atom is -0.392 e. The Morgan fingerprint density at radius 1 is 1.09 bits per heavy atom. The number of allylic oxidation sites excluding steroid dienone is 2. The second-order valence-corrected chi connectivity index (χ2v) is 10.7. The summed E-state index contributed by atoms with van der Waals surface area (Å²) in [5, 5.41) is 60.5. The van der Waals surface area contributed by atoms with Gasteiger partial charge in [0, 0.05) is 5.92 Å². The van der Waals surface area contributed by atoms with Gasteiger partial charge < -0.3 is 40.1 Å². The normalized spacial score (nSPS) is 42.4. The molecule has 0 amide bonds. The molecule has 8 atom stereocenters. The lowest BCUT2D eigenvalue weighted by Crippen LogP contribution is -2.57. The van der Waals surface area contributed by atoms with Gasteiger partial charge >= 0.3 is 0 Å². The molecule has 0 aromatic heterocycles. The van der Waals surface area contributed by atoms with Gasteiger partial charge in [-0.25, -0.2) is 0 Å². The van der Waals surface area contributed by atoms with Crippen molar-refractivity contribution in [1.82, 2.24) is 0 Å². The molecular weight excluding hydrogens is 428 g/mol. The third kappa shape index (κ3) is 5.38. The van der Waals surface area contributed by atoms with Gasteiger partial charge in [0.2, 0.25) is 0 Å². The molecule has 33 heavy (non-hydrogen) atoms. The van der Waals surface area contributed by atoms with Crippen molar-refractivity contribution in [1.29, 1.82) is 0 Å². The van der Waals surface area contributed by atoms with Crippen molar-refractivity contribution in [2.24, 2.45) is 16.7 Å². The minimum absolute atomic E-state index is 0.00652. The molecule has 1 aliphatic heterocycles. The maximum absolute atomic E-state index is 11.3. The zero-order valence-corrected chi connectivity index (χ0v) is 20.1. The van der Waals surface area contributed by atoms with Crippen LogP contribution < -0.4 is 0 Å². The van der Waals surface area contributed by atoms with Gasteiger partial charge in [-0.3, -0.25) is 0 Å². The Morgan fingerprint density at radius 3 is 2.48 bits per heavy atom. The van der Waals surface area contributed by atoms with Crippen molar-refractivity contribution in [3.05, 3.63) is 22.8 Å². The largest absolute Gasteiger partial charge is 0.392 e. The first-order valence-electron chi connectivity index (χ1n) is 12.1. The van der Waals surface area contributed by atoms with Crippen LogP contribution in [-0.2, 0) is 9.47 Å². The van der Waals surface area contributed by atoms with E-state index in [0.29, 0.717) is 6.42 Å². The van der Waals surface area contributed by atoms with E-state index in [2.05, 4.69) is 13.8 Å². The van der Waals surface area contributed by atoms with Crippen LogP contribution in [-0.4, -0.2) is 87.8 Å². The van der Waals surface area contributed by atoms with Crippen LogP contribution in [0.1, 0.15) is 59.3 Å². The van der Waals surface area contributed by atoms with Gasteiger partial charge in [-0.15, -0.1) is 0 Å². The summed E-state index contributed by atoms with van der Waals surface area (Å²) in [6.45, 7) is 6.32. The van der Waals surface area contributed by atoms with E-state index in [1.807, 2.05) is 6.92 Å². The van der Waals surface area contributed by atoms with Crippen molar-refractivity contribution < 1.29 is 40.1 Å². The molecule has 0 aromatic rings. The van der Waals surface area contributed by atoms with Gasteiger partial charge in [0.1, 0.15) is 18.3 Å². The van der Waals surface area contributed by atoms with E-state index in [-0.39, 0.29) is 37.8 Å². The van der Waals surface area contributed by atoms with Crippen LogP contribution in [0.5, 0.6) is 0 Å². The molecule has 3 aliphatic rings. The average molecular weight is 471 g/mol. The first kappa shape index (κ1) is 26.8. The van der Waals surface area contributed by atoms with Crippen LogP contribution in [0.2, 0.25) is 0 Å². The van der Waals surface area contributed by atoms with Crippen molar-refractivity contribution in [2.45, 2.75) is 90.0 Å². The van der Waals surface area contributed by atoms with E-state index < -0.39 is 36.1 Å². The summed E-state index contributed by atoms with van der Waals surface area (Å²) in [6.07, 6.45) is 0.946. The van der Waals surface area contributed by atoms with Crippen LogP contribution in [0.15, 0.2) is 22.8 Å². The second-order valence-electron chi connectivity index (χ2n) is 10.7. The van der Waals surface area contributed by atoms with E-state index in [1.54, 1.807) is 6.08 Å². The monoisotopic (exact) mass is 470 g/mol. The Balaban J connectivity index is 1.82. The topological polar surface area (TPSA) is 140 Å². The molecule has 8 heteroatoms. The van der Waals surface area contributed by atoms with Gasteiger partial charge in [-0.2, -0.15) is 0 Å². The highest BCUT2D eigenvalue weighted by molar-refractivity contribution is 5.31. The number of ether oxygens (including phenoxy) is 2. The Labute approximate surface area is 196 Å². The summed E-state index contributed by atoms with van der Waals surface area (Å²) < 4.78 is 11.4. The Morgan fingerprint density at radius 2 is 1.82 bits per heavy atom. The van der Waals surface area contributed by atoms with Crippen LogP contribution in [0.4, 0.5) is 0 Å². The maximum atomic E-state index is 11.3. The molecule has 0 radical (unpaired) electrons. The van der Waals surface area contributed by atoms with Gasteiger partial charge in [0.05, 0.1) is 32.5 Å². The molecule has 1 heterocycles. The molecule has 0 spiro atoms. The number of aliphatic hydroxyl groups excluding tert-OH is 6. The zero-order valence-electron chi connectivity index (χ0n) is 20.1. The predicted molar refractivity (Wildman–Crippen MR) is 122 cm³/mol. The van der Waals surface area contributed by atoms with Crippen molar-refractivity contribution in [2.75, 3.05) is 26.4 Å².